The van der Waals surface area contributed by atoms with E-state index in [9.17, 15) is 0 Å². The third-order valence-corrected chi connectivity index (χ3v) is 11.2. The zero-order chi connectivity index (χ0) is 36.6. The first-order chi connectivity index (χ1) is 27.2. The Labute approximate surface area is 323 Å². The summed E-state index contributed by atoms with van der Waals surface area (Å²) in [5, 5.41) is 2.54. The predicted molar refractivity (Wildman–Crippen MR) is 231 cm³/mol. The summed E-state index contributed by atoms with van der Waals surface area (Å²) >= 11 is 1.84. The molecule has 0 radical (unpaired) electrons. The van der Waals surface area contributed by atoms with Crippen molar-refractivity contribution in [2.24, 2.45) is 0 Å². The van der Waals surface area contributed by atoms with Crippen LogP contribution < -0.4 is 0 Å². The molecule has 0 atom stereocenters. The Morgan fingerprint density at radius 3 is 1.02 bits per heavy atom. The van der Waals surface area contributed by atoms with Crippen molar-refractivity contribution in [1.29, 1.82) is 0 Å². The lowest BCUT2D eigenvalue weighted by molar-refractivity contribution is 1.27. The Bertz CT molecular complexity index is 2700. The highest BCUT2D eigenvalue weighted by molar-refractivity contribution is 7.25. The first-order valence-corrected chi connectivity index (χ1v) is 19.2. The fourth-order valence-corrected chi connectivity index (χ4v) is 8.37. The van der Waals surface area contributed by atoms with Gasteiger partial charge in [0.2, 0.25) is 0 Å². The van der Waals surface area contributed by atoms with E-state index in [0.717, 1.165) is 78.7 Å². The molecule has 3 nitrogen and oxygen atoms in total. The highest BCUT2D eigenvalue weighted by Crippen LogP contribution is 2.39. The second-order valence-electron chi connectivity index (χ2n) is 13.7. The largest absolute Gasteiger partial charge is 0.248 e. The smallest absolute Gasteiger partial charge is 0.0717 e. The van der Waals surface area contributed by atoms with Gasteiger partial charge in [0.1, 0.15) is 0 Å². The van der Waals surface area contributed by atoms with Crippen LogP contribution in [0.3, 0.4) is 0 Å². The van der Waals surface area contributed by atoms with E-state index in [1.807, 2.05) is 35.6 Å². The second-order valence-corrected chi connectivity index (χ2v) is 14.7. The number of nitrogens with zero attached hydrogens (tertiary/aromatic N) is 3. The molecule has 0 bridgehead atoms. The number of rotatable bonds is 7. The molecule has 0 N–H and O–H groups in total. The SMILES string of the molecule is c1ccc(-c2cc(-c3cc(-c4ccc5sc6ccccc6c5c4)cc(-c4cc(-c5ccccc5)nc(-c5ccccc5)c4)n3)cc(-c3ccccc3)n2)cc1. The number of hydrogen-bond donors (Lipinski definition) is 0. The fourth-order valence-electron chi connectivity index (χ4n) is 7.28. The Morgan fingerprint density at radius 2 is 0.582 bits per heavy atom. The van der Waals surface area contributed by atoms with Crippen LogP contribution in [0.5, 0.6) is 0 Å². The van der Waals surface area contributed by atoms with Gasteiger partial charge in [0.15, 0.2) is 0 Å². The van der Waals surface area contributed by atoms with Gasteiger partial charge in [-0.1, -0.05) is 146 Å². The van der Waals surface area contributed by atoms with Crippen LogP contribution in [0.4, 0.5) is 0 Å². The van der Waals surface area contributed by atoms with Crippen molar-refractivity contribution in [3.8, 4) is 78.7 Å². The lowest BCUT2D eigenvalue weighted by Gasteiger charge is -2.15. The van der Waals surface area contributed by atoms with Crippen LogP contribution in [-0.2, 0) is 0 Å². The molecule has 0 unspecified atom stereocenters. The van der Waals surface area contributed by atoms with Gasteiger partial charge in [-0.25, -0.2) is 15.0 Å². The van der Waals surface area contributed by atoms with Crippen molar-refractivity contribution >= 4 is 31.5 Å². The number of aromatic nitrogens is 3. The van der Waals surface area contributed by atoms with E-state index in [2.05, 4.69) is 176 Å². The molecule has 0 aliphatic heterocycles. The van der Waals surface area contributed by atoms with Crippen molar-refractivity contribution < 1.29 is 0 Å². The topological polar surface area (TPSA) is 38.7 Å². The van der Waals surface area contributed by atoms with Crippen LogP contribution in [0.15, 0.2) is 200 Å². The average Bonchev–Trinajstić information content (AvgIpc) is 3.65. The maximum absolute atomic E-state index is 5.49. The summed E-state index contributed by atoms with van der Waals surface area (Å²) in [7, 11) is 0. The van der Waals surface area contributed by atoms with Crippen LogP contribution in [-0.4, -0.2) is 15.0 Å². The molecule has 0 aliphatic carbocycles. The van der Waals surface area contributed by atoms with Gasteiger partial charge in [-0.2, -0.15) is 0 Å². The maximum Gasteiger partial charge on any atom is 0.0717 e. The maximum atomic E-state index is 5.49. The Morgan fingerprint density at radius 1 is 0.236 bits per heavy atom. The predicted octanol–water partition coefficient (Wildman–Crippen LogP) is 13.9. The molecule has 6 aromatic carbocycles. The first kappa shape index (κ1) is 32.6. The van der Waals surface area contributed by atoms with Gasteiger partial charge in [-0.3, -0.25) is 0 Å². The van der Waals surface area contributed by atoms with Crippen LogP contribution in [0, 0.1) is 0 Å². The third-order valence-electron chi connectivity index (χ3n) is 10.1. The number of pyridine rings is 3. The normalized spacial score (nSPS) is 11.3. The van der Waals surface area contributed by atoms with E-state index in [0.29, 0.717) is 0 Å². The van der Waals surface area contributed by atoms with Gasteiger partial charge in [0.05, 0.1) is 34.2 Å². The quantitative estimate of drug-likeness (QED) is 0.165. The third kappa shape index (κ3) is 6.50. The second kappa shape index (κ2) is 14.1. The molecule has 4 aromatic heterocycles. The summed E-state index contributed by atoms with van der Waals surface area (Å²) in [5.74, 6) is 0. The molecule has 4 heteroatoms. The Balaban J connectivity index is 1.23. The molecule has 55 heavy (non-hydrogen) atoms. The highest BCUT2D eigenvalue weighted by atomic mass is 32.1. The molecule has 0 saturated heterocycles. The van der Waals surface area contributed by atoms with Crippen molar-refractivity contribution in [3.05, 3.63) is 200 Å². The average molecular weight is 720 g/mol. The standard InChI is InChI=1S/C51H33N3S/c1-5-15-34(16-6-1)44-30-40(31-45(52-44)35-17-7-2-8-18-35)48-28-39(38-25-26-51-43(27-38)42-23-13-14-24-50(42)55-51)29-49(54-48)41-32-46(36-19-9-3-10-20-36)53-47(33-41)37-21-11-4-12-22-37/h1-33H. The molecule has 0 spiro atoms. The van der Waals surface area contributed by atoms with Crippen molar-refractivity contribution in [2.75, 3.05) is 0 Å². The van der Waals surface area contributed by atoms with E-state index < -0.39 is 0 Å². The molecule has 0 fully saturated rings. The van der Waals surface area contributed by atoms with Crippen LogP contribution >= 0.6 is 11.3 Å². The minimum atomic E-state index is 0.874. The molecule has 10 rings (SSSR count). The number of fused-ring (bicyclic) bond motifs is 3. The summed E-state index contributed by atoms with van der Waals surface area (Å²) in [6, 6.07) is 70.2. The molecule has 0 saturated carbocycles. The molecule has 258 valence electrons. The fraction of sp³-hybridized carbons (Fsp3) is 0. The lowest BCUT2D eigenvalue weighted by Crippen LogP contribution is -1.96. The first-order valence-electron chi connectivity index (χ1n) is 18.4. The van der Waals surface area contributed by atoms with Crippen molar-refractivity contribution in [2.45, 2.75) is 0 Å². The van der Waals surface area contributed by atoms with E-state index in [1.165, 1.54) is 20.2 Å². The van der Waals surface area contributed by atoms with Crippen molar-refractivity contribution in [1.82, 2.24) is 15.0 Å². The van der Waals surface area contributed by atoms with Crippen molar-refractivity contribution in [3.63, 3.8) is 0 Å². The minimum absolute atomic E-state index is 0.874. The number of thiophene rings is 1. The lowest BCUT2D eigenvalue weighted by atomic mass is 9.96. The number of hydrogen-bond acceptors (Lipinski definition) is 4. The molecular weight excluding hydrogens is 687 g/mol. The van der Waals surface area contributed by atoms with Crippen LogP contribution in [0.1, 0.15) is 0 Å². The van der Waals surface area contributed by atoms with Gasteiger partial charge in [-0.05, 0) is 65.7 Å². The van der Waals surface area contributed by atoms with E-state index in [1.54, 1.807) is 0 Å². The molecule has 0 aliphatic rings. The summed E-state index contributed by atoms with van der Waals surface area (Å²) in [6.45, 7) is 0. The van der Waals surface area contributed by atoms with E-state index in [4.69, 9.17) is 15.0 Å². The van der Waals surface area contributed by atoms with Gasteiger partial charge in [0, 0.05) is 53.6 Å². The van der Waals surface area contributed by atoms with E-state index >= 15 is 0 Å². The van der Waals surface area contributed by atoms with E-state index in [-0.39, 0.29) is 0 Å². The minimum Gasteiger partial charge on any atom is -0.248 e. The number of benzene rings is 6. The zero-order valence-corrected chi connectivity index (χ0v) is 30.6. The highest BCUT2D eigenvalue weighted by Gasteiger charge is 2.16. The van der Waals surface area contributed by atoms with Gasteiger partial charge in [0.25, 0.3) is 0 Å². The molecular formula is C51H33N3S. The molecule has 0 amide bonds. The van der Waals surface area contributed by atoms with Gasteiger partial charge in [-0.15, -0.1) is 11.3 Å². The summed E-state index contributed by atoms with van der Waals surface area (Å²) < 4.78 is 2.57. The Hall–Kier alpha value is -7.01. The Kier molecular flexibility index (Phi) is 8.36. The summed E-state index contributed by atoms with van der Waals surface area (Å²) in [6.07, 6.45) is 0. The van der Waals surface area contributed by atoms with Crippen LogP contribution in [0.25, 0.3) is 98.8 Å². The summed E-state index contributed by atoms with van der Waals surface area (Å²) in [5.41, 5.74) is 13.8. The summed E-state index contributed by atoms with van der Waals surface area (Å²) in [4.78, 5) is 15.8. The van der Waals surface area contributed by atoms with Crippen LogP contribution in [0.2, 0.25) is 0 Å². The molecule has 10 aromatic rings. The zero-order valence-electron chi connectivity index (χ0n) is 29.8. The van der Waals surface area contributed by atoms with Gasteiger partial charge >= 0.3 is 0 Å². The molecule has 4 heterocycles. The monoisotopic (exact) mass is 719 g/mol. The van der Waals surface area contributed by atoms with Gasteiger partial charge < -0.3 is 0 Å².